The molecule has 3 aromatic carbocycles. The molecule has 5 rings (SSSR count). The molecule has 2 amide bonds. The average molecular weight is 575 g/mol. The van der Waals surface area contributed by atoms with Gasteiger partial charge in [-0.2, -0.15) is 13.2 Å². The molecule has 2 heterocycles. The molecule has 1 saturated heterocycles. The number of fused-ring (bicyclic) bond motifs is 1. The van der Waals surface area contributed by atoms with Crippen LogP contribution in [-0.2, 0) is 10.9 Å². The van der Waals surface area contributed by atoms with Crippen molar-refractivity contribution in [1.82, 2.24) is 15.3 Å². The normalized spacial score (nSPS) is 15.5. The van der Waals surface area contributed by atoms with Crippen molar-refractivity contribution in [3.05, 3.63) is 94.6 Å². The van der Waals surface area contributed by atoms with Gasteiger partial charge in [0.1, 0.15) is 17.7 Å². The largest absolute Gasteiger partial charge is 0.419 e. The molecule has 0 bridgehead atoms. The third-order valence-electron chi connectivity index (χ3n) is 6.18. The van der Waals surface area contributed by atoms with Gasteiger partial charge in [0.2, 0.25) is 0 Å². The second-order valence-corrected chi connectivity index (χ2v) is 8.95. The number of ketones is 1. The number of carbonyl (C=O) groups is 2. The van der Waals surface area contributed by atoms with Crippen molar-refractivity contribution < 1.29 is 40.7 Å². The number of rotatable bonds is 5. The number of nitrogens with one attached hydrogen (secondary N) is 3. The predicted octanol–water partition coefficient (Wildman–Crippen LogP) is 5.60. The fourth-order valence-corrected chi connectivity index (χ4v) is 4.18. The van der Waals surface area contributed by atoms with Gasteiger partial charge in [-0.15, -0.1) is 0 Å². The van der Waals surface area contributed by atoms with Crippen LogP contribution in [0.5, 0.6) is 0 Å². The number of halogens is 6. The summed E-state index contributed by atoms with van der Waals surface area (Å²) >= 11 is 0. The quantitative estimate of drug-likeness (QED) is 0.211. The molecule has 0 saturated carbocycles. The van der Waals surface area contributed by atoms with E-state index in [1.807, 2.05) is 10.6 Å². The summed E-state index contributed by atoms with van der Waals surface area (Å²) in [5, 5.41) is 7.20. The summed E-state index contributed by atoms with van der Waals surface area (Å²) in [6.45, 7) is 1.78. The van der Waals surface area contributed by atoms with E-state index in [0.29, 0.717) is 43.0 Å². The number of hydrogen-bond donors (Lipinski definition) is 3. The van der Waals surface area contributed by atoms with Crippen molar-refractivity contribution in [2.45, 2.75) is 12.3 Å². The lowest BCUT2D eigenvalue weighted by Gasteiger charge is -2.22. The minimum Gasteiger partial charge on any atom is -0.369 e. The fourth-order valence-electron chi connectivity index (χ4n) is 4.18. The summed E-state index contributed by atoms with van der Waals surface area (Å²) < 4.78 is 87.9. The third-order valence-corrected chi connectivity index (χ3v) is 6.18. The van der Waals surface area contributed by atoms with Crippen LogP contribution >= 0.6 is 0 Å². The Kier molecular flexibility index (Phi) is 7.60. The van der Waals surface area contributed by atoms with Crippen molar-refractivity contribution in [2.75, 3.05) is 30.3 Å². The highest BCUT2D eigenvalue weighted by atomic mass is 19.4. The van der Waals surface area contributed by atoms with E-state index in [-0.39, 0.29) is 17.2 Å². The Bertz CT molecular complexity index is 1660. The molecule has 1 aliphatic rings. The minimum absolute atomic E-state index is 0.111. The lowest BCUT2D eigenvalue weighted by molar-refractivity contribution is -0.139. The maximum absolute atomic E-state index is 15.3. The van der Waals surface area contributed by atoms with Crippen molar-refractivity contribution in [1.29, 1.82) is 0 Å². The van der Waals surface area contributed by atoms with Crippen molar-refractivity contribution in [3.8, 4) is 0 Å². The molecule has 1 unspecified atom stereocenters. The van der Waals surface area contributed by atoms with E-state index in [4.69, 9.17) is 4.74 Å². The Balaban J connectivity index is 1.36. The molecule has 41 heavy (non-hydrogen) atoms. The van der Waals surface area contributed by atoms with Crippen LogP contribution in [-0.4, -0.2) is 41.5 Å². The molecule has 0 radical (unpaired) electrons. The Labute approximate surface area is 227 Å². The van der Waals surface area contributed by atoms with E-state index in [1.54, 1.807) is 0 Å². The number of morpholine rings is 1. The van der Waals surface area contributed by atoms with Gasteiger partial charge in [0, 0.05) is 24.3 Å². The summed E-state index contributed by atoms with van der Waals surface area (Å²) in [5.41, 5.74) is -2.49. The van der Waals surface area contributed by atoms with Gasteiger partial charge < -0.3 is 20.7 Å². The third kappa shape index (κ3) is 5.98. The van der Waals surface area contributed by atoms with Gasteiger partial charge in [-0.25, -0.2) is 22.9 Å². The van der Waals surface area contributed by atoms with Gasteiger partial charge in [-0.05, 0) is 48.5 Å². The first-order valence-corrected chi connectivity index (χ1v) is 12.1. The van der Waals surface area contributed by atoms with E-state index in [9.17, 15) is 31.5 Å². The number of urea groups is 1. The summed E-state index contributed by atoms with van der Waals surface area (Å²) in [4.78, 5) is 34.2. The van der Waals surface area contributed by atoms with E-state index in [2.05, 4.69) is 15.3 Å². The Morgan fingerprint density at radius 3 is 2.46 bits per heavy atom. The van der Waals surface area contributed by atoms with Gasteiger partial charge in [-0.3, -0.25) is 9.78 Å². The minimum atomic E-state index is -5.02. The maximum Gasteiger partial charge on any atom is 0.419 e. The number of aromatic nitrogens is 2. The molecule has 1 fully saturated rings. The van der Waals surface area contributed by atoms with E-state index >= 15 is 4.39 Å². The number of ether oxygens (including phenoxy) is 1. The van der Waals surface area contributed by atoms with Crippen molar-refractivity contribution in [3.63, 3.8) is 0 Å². The molecule has 1 aliphatic heterocycles. The first-order valence-electron chi connectivity index (χ1n) is 12.1. The number of anilines is 2. The predicted molar refractivity (Wildman–Crippen MR) is 135 cm³/mol. The van der Waals surface area contributed by atoms with Crippen LogP contribution in [0.1, 0.15) is 33.3 Å². The van der Waals surface area contributed by atoms with Gasteiger partial charge >= 0.3 is 12.2 Å². The number of amides is 2. The van der Waals surface area contributed by atoms with Crippen LogP contribution in [0.4, 0.5) is 42.5 Å². The molecular weight excluding hydrogens is 556 g/mol. The summed E-state index contributed by atoms with van der Waals surface area (Å²) in [5.74, 6) is -5.23. The van der Waals surface area contributed by atoms with E-state index in [1.165, 1.54) is 24.4 Å². The van der Waals surface area contributed by atoms with Crippen LogP contribution < -0.4 is 16.0 Å². The fraction of sp³-hybridized carbons (Fsp3) is 0.185. The Hall–Kier alpha value is -4.56. The zero-order valence-electron chi connectivity index (χ0n) is 20.8. The Morgan fingerprint density at radius 2 is 1.73 bits per heavy atom. The molecule has 14 heteroatoms. The molecule has 1 aromatic heterocycles. The van der Waals surface area contributed by atoms with Crippen LogP contribution in [0.2, 0.25) is 0 Å². The highest BCUT2D eigenvalue weighted by Gasteiger charge is 2.34. The first kappa shape index (κ1) is 28.0. The molecule has 212 valence electrons. The molecule has 0 aliphatic carbocycles. The second kappa shape index (κ2) is 11.1. The first-order chi connectivity index (χ1) is 19.5. The summed E-state index contributed by atoms with van der Waals surface area (Å²) in [6.07, 6.45) is -3.83. The smallest absolute Gasteiger partial charge is 0.369 e. The molecule has 4 aromatic rings. The second-order valence-electron chi connectivity index (χ2n) is 8.95. The van der Waals surface area contributed by atoms with Crippen LogP contribution in [0.15, 0.2) is 54.7 Å². The number of carbonyl (C=O) groups excluding carboxylic acids is 2. The number of hydrogen-bond acceptors (Lipinski definition) is 6. The summed E-state index contributed by atoms with van der Waals surface area (Å²) in [7, 11) is 0. The van der Waals surface area contributed by atoms with Crippen LogP contribution in [0.25, 0.3) is 11.0 Å². The van der Waals surface area contributed by atoms with E-state index < -0.39 is 57.9 Å². The summed E-state index contributed by atoms with van der Waals surface area (Å²) in [6, 6.07) is 6.19. The Morgan fingerprint density at radius 1 is 0.951 bits per heavy atom. The topological polar surface area (TPSA) is 105 Å². The van der Waals surface area contributed by atoms with Gasteiger partial charge in [0.15, 0.2) is 11.6 Å². The molecule has 8 nitrogen and oxygen atoms in total. The number of benzene rings is 3. The van der Waals surface area contributed by atoms with Gasteiger partial charge in [0.05, 0.1) is 46.3 Å². The lowest BCUT2D eigenvalue weighted by Crippen LogP contribution is -2.33. The zero-order chi connectivity index (χ0) is 29.3. The van der Waals surface area contributed by atoms with Crippen LogP contribution in [0.3, 0.4) is 0 Å². The molecule has 0 spiro atoms. The molecule has 3 N–H and O–H groups in total. The number of nitrogens with zero attached hydrogens (tertiary/aromatic N) is 2. The van der Waals surface area contributed by atoms with Gasteiger partial charge in [-0.1, -0.05) is 0 Å². The van der Waals surface area contributed by atoms with Gasteiger partial charge in [0.25, 0.3) is 0 Å². The van der Waals surface area contributed by atoms with Crippen molar-refractivity contribution >= 4 is 34.2 Å². The highest BCUT2D eigenvalue weighted by Crippen LogP contribution is 2.33. The van der Waals surface area contributed by atoms with E-state index in [0.717, 1.165) is 18.2 Å². The molecular formula is C27H19F6N5O3. The maximum atomic E-state index is 15.3. The standard InChI is InChI=1S/C27H19F6N5O3/c28-16-3-2-14(10-15(16)27(31,32)33)36-26(40)38-19-6-4-17(29)23(24(19)30)25(39)13-1-5-18-20(9-13)35-11-21(37-18)22-12-34-7-8-41-22/h1-6,9-11,22,34H,7-8,12H2,(H2,36,38,40). The number of alkyl halides is 3. The average Bonchev–Trinajstić information content (AvgIpc) is 2.95. The SMILES string of the molecule is O=C(Nc1ccc(F)c(C(F)(F)F)c1)Nc1ccc(F)c(C(=O)c2ccc3nc(C4CNCCO4)cnc3c2)c1F. The molecule has 1 atom stereocenters. The van der Waals surface area contributed by atoms with Crippen LogP contribution in [0, 0.1) is 17.5 Å². The highest BCUT2D eigenvalue weighted by molar-refractivity contribution is 6.11. The lowest BCUT2D eigenvalue weighted by atomic mass is 10.0. The zero-order valence-corrected chi connectivity index (χ0v) is 20.8. The van der Waals surface area contributed by atoms with Crippen molar-refractivity contribution in [2.24, 2.45) is 0 Å². The monoisotopic (exact) mass is 575 g/mol.